The summed E-state index contributed by atoms with van der Waals surface area (Å²) in [5, 5.41) is 3.42. The van der Waals surface area contributed by atoms with E-state index in [2.05, 4.69) is 33.9 Å². The molecule has 2 saturated heterocycles. The number of nitrogens with one attached hydrogen (secondary N) is 1. The van der Waals surface area contributed by atoms with Gasteiger partial charge in [-0.25, -0.2) is 4.39 Å². The van der Waals surface area contributed by atoms with Gasteiger partial charge in [-0.2, -0.15) is 0 Å². The second-order valence-corrected chi connectivity index (χ2v) is 7.28. The smallest absolute Gasteiger partial charge is 0.123 e. The molecule has 2 aliphatic rings. The Morgan fingerprint density at radius 2 is 1.32 bits per heavy atom. The maximum Gasteiger partial charge on any atom is 0.123 e. The fourth-order valence-corrected chi connectivity index (χ4v) is 3.82. The highest BCUT2D eigenvalue weighted by molar-refractivity contribution is 5.86. The van der Waals surface area contributed by atoms with E-state index in [0.717, 1.165) is 58.9 Å². The predicted octanol–water partition coefficient (Wildman–Crippen LogP) is 3.49. The Hall–Kier alpha value is 0.150. The molecule has 0 amide bonds. The lowest BCUT2D eigenvalue weighted by Gasteiger charge is -2.43. The molecule has 1 aromatic rings. The van der Waals surface area contributed by atoms with Crippen molar-refractivity contribution in [1.29, 1.82) is 0 Å². The first-order valence-corrected chi connectivity index (χ1v) is 9.30. The fraction of sp³-hybridized carbons (Fsp3) is 0.684. The molecule has 1 N–H and O–H groups in total. The SMILES string of the molecule is CC(C)N1CCN(C(CN2CCNCC2)c2ccc(F)cc2)CC1.Cl.Cl.Cl.Cl. The highest BCUT2D eigenvalue weighted by Crippen LogP contribution is 2.24. The molecule has 1 atom stereocenters. The number of nitrogens with zero attached hydrogens (tertiary/aromatic N) is 3. The summed E-state index contributed by atoms with van der Waals surface area (Å²) in [4.78, 5) is 7.68. The zero-order chi connectivity index (χ0) is 16.9. The zero-order valence-corrected chi connectivity index (χ0v) is 19.9. The minimum atomic E-state index is -0.149. The summed E-state index contributed by atoms with van der Waals surface area (Å²) >= 11 is 0. The summed E-state index contributed by atoms with van der Waals surface area (Å²) in [7, 11) is 0. The van der Waals surface area contributed by atoms with Gasteiger partial charge in [0.25, 0.3) is 0 Å². The Bertz CT molecular complexity index is 507. The Morgan fingerprint density at radius 3 is 1.82 bits per heavy atom. The van der Waals surface area contributed by atoms with Crippen molar-refractivity contribution in [2.45, 2.75) is 25.9 Å². The molecule has 0 spiro atoms. The van der Waals surface area contributed by atoms with Crippen molar-refractivity contribution < 1.29 is 4.39 Å². The van der Waals surface area contributed by atoms with Gasteiger partial charge in [0.2, 0.25) is 0 Å². The third-order valence-electron chi connectivity index (χ3n) is 5.42. The normalized spacial score (nSPS) is 19.6. The number of halogens is 5. The molecule has 1 unspecified atom stereocenters. The van der Waals surface area contributed by atoms with E-state index in [-0.39, 0.29) is 55.4 Å². The van der Waals surface area contributed by atoms with Crippen molar-refractivity contribution >= 4 is 49.6 Å². The average Bonchev–Trinajstić information content (AvgIpc) is 2.62. The topological polar surface area (TPSA) is 21.8 Å². The van der Waals surface area contributed by atoms with Crippen LogP contribution in [-0.2, 0) is 0 Å². The summed E-state index contributed by atoms with van der Waals surface area (Å²) < 4.78 is 13.4. The Kier molecular flexibility index (Phi) is 16.3. The van der Waals surface area contributed by atoms with Crippen LogP contribution in [0.3, 0.4) is 0 Å². The maximum atomic E-state index is 13.4. The second kappa shape index (κ2) is 15.0. The lowest BCUT2D eigenvalue weighted by molar-refractivity contribution is 0.0588. The van der Waals surface area contributed by atoms with E-state index in [0.29, 0.717) is 12.1 Å². The zero-order valence-electron chi connectivity index (χ0n) is 16.7. The number of benzene rings is 1. The van der Waals surface area contributed by atoms with E-state index in [1.165, 1.54) is 5.56 Å². The molecule has 9 heteroatoms. The van der Waals surface area contributed by atoms with Crippen LogP contribution in [-0.4, -0.2) is 79.6 Å². The lowest BCUT2D eigenvalue weighted by Crippen LogP contribution is -2.53. The quantitative estimate of drug-likeness (QED) is 0.697. The molecule has 0 aromatic heterocycles. The van der Waals surface area contributed by atoms with Crippen LogP contribution in [0.15, 0.2) is 24.3 Å². The molecule has 2 heterocycles. The van der Waals surface area contributed by atoms with Crippen LogP contribution in [0.4, 0.5) is 4.39 Å². The first-order valence-electron chi connectivity index (χ1n) is 9.30. The van der Waals surface area contributed by atoms with Gasteiger partial charge in [-0.15, -0.1) is 49.6 Å². The molecule has 0 aliphatic carbocycles. The minimum absolute atomic E-state index is 0. The van der Waals surface area contributed by atoms with Gasteiger partial charge < -0.3 is 5.32 Å². The third-order valence-corrected chi connectivity index (χ3v) is 5.42. The van der Waals surface area contributed by atoms with Crippen molar-refractivity contribution in [3.63, 3.8) is 0 Å². The summed E-state index contributed by atoms with van der Waals surface area (Å²) in [5.74, 6) is -0.149. The van der Waals surface area contributed by atoms with Crippen LogP contribution in [0.25, 0.3) is 0 Å². The molecule has 2 aliphatic heterocycles. The first kappa shape index (κ1) is 30.3. The number of piperazine rings is 2. The van der Waals surface area contributed by atoms with Crippen molar-refractivity contribution in [3.05, 3.63) is 35.6 Å². The molecule has 166 valence electrons. The minimum Gasteiger partial charge on any atom is -0.314 e. The van der Waals surface area contributed by atoms with Crippen LogP contribution in [0.1, 0.15) is 25.5 Å². The number of hydrogen-bond acceptors (Lipinski definition) is 4. The van der Waals surface area contributed by atoms with E-state index in [9.17, 15) is 4.39 Å². The summed E-state index contributed by atoms with van der Waals surface area (Å²) in [6.45, 7) is 14.3. The van der Waals surface area contributed by atoms with Gasteiger partial charge >= 0.3 is 0 Å². The fourth-order valence-electron chi connectivity index (χ4n) is 3.82. The summed E-state index contributed by atoms with van der Waals surface area (Å²) in [6.07, 6.45) is 0. The van der Waals surface area contributed by atoms with E-state index < -0.39 is 0 Å². The highest BCUT2D eigenvalue weighted by Gasteiger charge is 2.28. The van der Waals surface area contributed by atoms with Crippen LogP contribution < -0.4 is 5.32 Å². The van der Waals surface area contributed by atoms with Crippen LogP contribution >= 0.6 is 49.6 Å². The second-order valence-electron chi connectivity index (χ2n) is 7.28. The molecule has 0 bridgehead atoms. The summed E-state index contributed by atoms with van der Waals surface area (Å²) in [6, 6.07) is 8.12. The van der Waals surface area contributed by atoms with Gasteiger partial charge in [0.1, 0.15) is 5.82 Å². The molecule has 0 radical (unpaired) electrons. The van der Waals surface area contributed by atoms with Gasteiger partial charge in [0, 0.05) is 71.0 Å². The van der Waals surface area contributed by atoms with Crippen LogP contribution in [0.2, 0.25) is 0 Å². The van der Waals surface area contributed by atoms with Gasteiger partial charge in [-0.1, -0.05) is 12.1 Å². The van der Waals surface area contributed by atoms with E-state index in [4.69, 9.17) is 0 Å². The number of hydrogen-bond donors (Lipinski definition) is 1. The van der Waals surface area contributed by atoms with Gasteiger partial charge in [-0.05, 0) is 31.5 Å². The maximum absolute atomic E-state index is 13.4. The molecule has 4 nitrogen and oxygen atoms in total. The molecular weight excluding hydrogens is 445 g/mol. The van der Waals surface area contributed by atoms with E-state index in [1.807, 2.05) is 12.1 Å². The first-order chi connectivity index (χ1) is 11.6. The Morgan fingerprint density at radius 1 is 0.821 bits per heavy atom. The standard InChI is InChI=1S/C19H31FN4.4ClH/c1-16(2)23-11-13-24(14-12-23)19(15-22-9-7-21-8-10-22)17-3-5-18(20)6-4-17;;;;/h3-6,16,19,21H,7-15H2,1-2H3;4*1H. The predicted molar refractivity (Wildman–Crippen MR) is 126 cm³/mol. The average molecular weight is 480 g/mol. The number of rotatable bonds is 5. The largest absolute Gasteiger partial charge is 0.314 e. The molecule has 0 saturated carbocycles. The summed E-state index contributed by atoms with van der Waals surface area (Å²) in [5.41, 5.74) is 1.24. The van der Waals surface area contributed by atoms with Crippen LogP contribution in [0, 0.1) is 5.82 Å². The third kappa shape index (κ3) is 8.49. The van der Waals surface area contributed by atoms with Crippen molar-refractivity contribution in [2.75, 3.05) is 58.9 Å². The molecule has 28 heavy (non-hydrogen) atoms. The Balaban J connectivity index is 0. The molecular formula is C19H35Cl4FN4. The van der Waals surface area contributed by atoms with Gasteiger partial charge in [0.05, 0.1) is 0 Å². The van der Waals surface area contributed by atoms with Gasteiger partial charge in [0.15, 0.2) is 0 Å². The molecule has 3 rings (SSSR count). The van der Waals surface area contributed by atoms with E-state index >= 15 is 0 Å². The van der Waals surface area contributed by atoms with E-state index in [1.54, 1.807) is 12.1 Å². The Labute approximate surface area is 194 Å². The van der Waals surface area contributed by atoms with Crippen molar-refractivity contribution in [2.24, 2.45) is 0 Å². The monoisotopic (exact) mass is 478 g/mol. The van der Waals surface area contributed by atoms with Crippen molar-refractivity contribution in [1.82, 2.24) is 20.0 Å². The van der Waals surface area contributed by atoms with Crippen LogP contribution in [0.5, 0.6) is 0 Å². The molecule has 2 fully saturated rings. The molecule has 1 aromatic carbocycles. The van der Waals surface area contributed by atoms with Crippen molar-refractivity contribution in [3.8, 4) is 0 Å². The lowest BCUT2D eigenvalue weighted by atomic mass is 10.0. The van der Waals surface area contributed by atoms with Gasteiger partial charge in [-0.3, -0.25) is 14.7 Å². The highest BCUT2D eigenvalue weighted by atomic mass is 35.5.